The average molecular weight is 253 g/mol. The van der Waals surface area contributed by atoms with Gasteiger partial charge in [0.15, 0.2) is 0 Å². The maximum Gasteiger partial charge on any atom is 0.123 e. The summed E-state index contributed by atoms with van der Waals surface area (Å²) in [5.74, 6) is 0.183. The number of halogens is 1. The van der Waals surface area contributed by atoms with Gasteiger partial charge in [-0.2, -0.15) is 0 Å². The SMILES string of the molecule is CCC(NCCCC(C)CO)c1cccc(F)c1. The summed E-state index contributed by atoms with van der Waals surface area (Å²) in [6.45, 7) is 5.29. The molecule has 0 aliphatic heterocycles. The summed E-state index contributed by atoms with van der Waals surface area (Å²) in [4.78, 5) is 0. The quantitative estimate of drug-likeness (QED) is 0.697. The number of aliphatic hydroxyl groups excluding tert-OH is 1. The largest absolute Gasteiger partial charge is 0.396 e. The van der Waals surface area contributed by atoms with Crippen LogP contribution in [0.2, 0.25) is 0 Å². The van der Waals surface area contributed by atoms with Crippen LogP contribution in [-0.2, 0) is 0 Å². The van der Waals surface area contributed by atoms with Gasteiger partial charge in [0, 0.05) is 12.6 Å². The van der Waals surface area contributed by atoms with Crippen LogP contribution in [-0.4, -0.2) is 18.3 Å². The van der Waals surface area contributed by atoms with Gasteiger partial charge in [-0.05, 0) is 49.4 Å². The van der Waals surface area contributed by atoms with Gasteiger partial charge in [0.2, 0.25) is 0 Å². The standard InChI is InChI=1S/C15H24FNO/c1-3-15(13-7-4-8-14(16)10-13)17-9-5-6-12(2)11-18/h4,7-8,10,12,15,17-18H,3,5-6,9,11H2,1-2H3. The number of aliphatic hydroxyl groups is 1. The van der Waals surface area contributed by atoms with Crippen molar-refractivity contribution in [1.82, 2.24) is 5.32 Å². The average Bonchev–Trinajstić information content (AvgIpc) is 2.38. The maximum atomic E-state index is 13.1. The van der Waals surface area contributed by atoms with Crippen LogP contribution < -0.4 is 5.32 Å². The predicted octanol–water partition coefficient (Wildman–Crippen LogP) is 3.28. The molecular formula is C15H24FNO. The van der Waals surface area contributed by atoms with Crippen LogP contribution in [0.1, 0.15) is 44.7 Å². The Morgan fingerprint density at radius 3 is 2.78 bits per heavy atom. The van der Waals surface area contributed by atoms with E-state index in [2.05, 4.69) is 12.2 Å². The van der Waals surface area contributed by atoms with Crippen LogP contribution >= 0.6 is 0 Å². The summed E-state index contributed by atoms with van der Waals surface area (Å²) in [6, 6.07) is 6.99. The summed E-state index contributed by atoms with van der Waals surface area (Å²) in [5, 5.41) is 12.4. The Morgan fingerprint density at radius 2 is 2.17 bits per heavy atom. The highest BCUT2D eigenvalue weighted by molar-refractivity contribution is 5.19. The van der Waals surface area contributed by atoms with Crippen molar-refractivity contribution in [2.75, 3.05) is 13.2 Å². The molecule has 0 bridgehead atoms. The third kappa shape index (κ3) is 5.15. The second kappa shape index (κ2) is 8.22. The van der Waals surface area contributed by atoms with Crippen LogP contribution in [0.25, 0.3) is 0 Å². The highest BCUT2D eigenvalue weighted by Crippen LogP contribution is 2.17. The summed E-state index contributed by atoms with van der Waals surface area (Å²) in [5.41, 5.74) is 1.01. The molecule has 0 aliphatic carbocycles. The number of benzene rings is 1. The zero-order chi connectivity index (χ0) is 13.4. The minimum absolute atomic E-state index is 0.179. The molecule has 0 radical (unpaired) electrons. The van der Waals surface area contributed by atoms with Gasteiger partial charge in [-0.3, -0.25) is 0 Å². The molecule has 2 nitrogen and oxygen atoms in total. The van der Waals surface area contributed by atoms with E-state index in [1.54, 1.807) is 12.1 Å². The highest BCUT2D eigenvalue weighted by Gasteiger charge is 2.09. The molecule has 2 N–H and O–H groups in total. The zero-order valence-electron chi connectivity index (χ0n) is 11.3. The molecule has 1 aromatic carbocycles. The third-order valence-corrected chi connectivity index (χ3v) is 3.24. The van der Waals surface area contributed by atoms with Crippen molar-refractivity contribution in [3.05, 3.63) is 35.6 Å². The maximum absolute atomic E-state index is 13.1. The minimum Gasteiger partial charge on any atom is -0.396 e. The smallest absolute Gasteiger partial charge is 0.123 e. The first kappa shape index (κ1) is 15.1. The van der Waals surface area contributed by atoms with Crippen molar-refractivity contribution in [2.45, 2.75) is 39.2 Å². The fourth-order valence-corrected chi connectivity index (χ4v) is 2.04. The second-order valence-corrected chi connectivity index (χ2v) is 4.90. The molecule has 0 amide bonds. The van der Waals surface area contributed by atoms with E-state index in [0.29, 0.717) is 5.92 Å². The molecule has 0 heterocycles. The molecular weight excluding hydrogens is 229 g/mol. The second-order valence-electron chi connectivity index (χ2n) is 4.90. The lowest BCUT2D eigenvalue weighted by atomic mass is 10.0. The Morgan fingerprint density at radius 1 is 1.39 bits per heavy atom. The Hall–Kier alpha value is -0.930. The molecule has 1 aromatic rings. The van der Waals surface area contributed by atoms with E-state index >= 15 is 0 Å². The lowest BCUT2D eigenvalue weighted by molar-refractivity contribution is 0.227. The van der Waals surface area contributed by atoms with Gasteiger partial charge >= 0.3 is 0 Å². The van der Waals surface area contributed by atoms with Crippen molar-refractivity contribution in [1.29, 1.82) is 0 Å². The van der Waals surface area contributed by atoms with Gasteiger partial charge in [-0.15, -0.1) is 0 Å². The number of nitrogens with one attached hydrogen (secondary N) is 1. The van der Waals surface area contributed by atoms with Crippen molar-refractivity contribution in [3.8, 4) is 0 Å². The molecule has 2 atom stereocenters. The molecule has 1 rings (SSSR count). The van der Waals surface area contributed by atoms with Crippen molar-refractivity contribution in [3.63, 3.8) is 0 Å². The van der Waals surface area contributed by atoms with Gasteiger partial charge < -0.3 is 10.4 Å². The van der Waals surface area contributed by atoms with Gasteiger partial charge in [-0.1, -0.05) is 26.0 Å². The molecule has 2 unspecified atom stereocenters. The first-order valence-electron chi connectivity index (χ1n) is 6.77. The third-order valence-electron chi connectivity index (χ3n) is 3.24. The monoisotopic (exact) mass is 253 g/mol. The topological polar surface area (TPSA) is 32.3 Å². The summed E-state index contributed by atoms with van der Waals surface area (Å²) in [7, 11) is 0. The van der Waals surface area contributed by atoms with Gasteiger partial charge in [0.25, 0.3) is 0 Å². The molecule has 3 heteroatoms. The fourth-order valence-electron chi connectivity index (χ4n) is 2.04. The molecule has 0 saturated heterocycles. The van der Waals surface area contributed by atoms with Gasteiger partial charge in [0.05, 0.1) is 0 Å². The molecule has 0 spiro atoms. The highest BCUT2D eigenvalue weighted by atomic mass is 19.1. The van der Waals surface area contributed by atoms with E-state index in [1.807, 2.05) is 13.0 Å². The summed E-state index contributed by atoms with van der Waals surface area (Å²) >= 11 is 0. The number of rotatable bonds is 8. The first-order chi connectivity index (χ1) is 8.67. The molecule has 18 heavy (non-hydrogen) atoms. The number of hydrogen-bond donors (Lipinski definition) is 2. The summed E-state index contributed by atoms with van der Waals surface area (Å²) < 4.78 is 13.1. The van der Waals surface area contributed by atoms with Crippen LogP contribution in [0, 0.1) is 11.7 Å². The van der Waals surface area contributed by atoms with Crippen LogP contribution in [0.3, 0.4) is 0 Å². The Labute approximate surface area is 109 Å². The Bertz CT molecular complexity index is 343. The Kier molecular flexibility index (Phi) is 6.91. The van der Waals surface area contributed by atoms with Gasteiger partial charge in [0.1, 0.15) is 5.82 Å². The van der Waals surface area contributed by atoms with E-state index < -0.39 is 0 Å². The van der Waals surface area contributed by atoms with Crippen molar-refractivity contribution >= 4 is 0 Å². The van der Waals surface area contributed by atoms with E-state index in [9.17, 15) is 4.39 Å². The predicted molar refractivity (Wildman–Crippen MR) is 72.9 cm³/mol. The Balaban J connectivity index is 2.38. The number of hydrogen-bond acceptors (Lipinski definition) is 2. The molecule has 102 valence electrons. The minimum atomic E-state index is -0.179. The van der Waals surface area contributed by atoms with Gasteiger partial charge in [-0.25, -0.2) is 4.39 Å². The van der Waals surface area contributed by atoms with Crippen molar-refractivity contribution < 1.29 is 9.50 Å². The van der Waals surface area contributed by atoms with E-state index in [0.717, 1.165) is 31.4 Å². The van der Waals surface area contributed by atoms with Crippen molar-refractivity contribution in [2.24, 2.45) is 5.92 Å². The molecule has 0 saturated carbocycles. The van der Waals surface area contributed by atoms with E-state index in [4.69, 9.17) is 5.11 Å². The zero-order valence-corrected chi connectivity index (χ0v) is 11.3. The molecule has 0 fully saturated rings. The van der Waals surface area contributed by atoms with Crippen LogP contribution in [0.4, 0.5) is 4.39 Å². The normalized spacial score (nSPS) is 14.4. The van der Waals surface area contributed by atoms with Crippen LogP contribution in [0.5, 0.6) is 0 Å². The molecule has 0 aromatic heterocycles. The summed E-state index contributed by atoms with van der Waals surface area (Å²) in [6.07, 6.45) is 3.00. The fraction of sp³-hybridized carbons (Fsp3) is 0.600. The lowest BCUT2D eigenvalue weighted by Gasteiger charge is -2.18. The lowest BCUT2D eigenvalue weighted by Crippen LogP contribution is -2.22. The van der Waals surface area contributed by atoms with E-state index in [-0.39, 0.29) is 18.5 Å². The first-order valence-corrected chi connectivity index (χ1v) is 6.77. The van der Waals surface area contributed by atoms with Crippen LogP contribution in [0.15, 0.2) is 24.3 Å². The molecule has 0 aliphatic rings. The van der Waals surface area contributed by atoms with E-state index in [1.165, 1.54) is 6.07 Å².